The zero-order valence-corrected chi connectivity index (χ0v) is 48.2. The molecule has 5 nitrogen and oxygen atoms in total. The van der Waals surface area contributed by atoms with Crippen molar-refractivity contribution in [2.24, 2.45) is 0 Å². The van der Waals surface area contributed by atoms with Gasteiger partial charge in [0.25, 0.3) is 11.4 Å². The number of benzene rings is 9. The second-order valence-corrected chi connectivity index (χ2v) is 25.3. The maximum absolute atomic E-state index is 9.94. The standard InChI is InChI=1S/C77H72N4O/c1-50-41-71(78-48-65(50)64-32-22-33-66-72(64)77(10,11)40-39-76(66,8)9)81-67-34-16-15-29-62(67)63-38-37-59(47-70(63)81)82-58-28-20-27-57(46-58)79-49-80(69-36-18-17-35-68(69)79)73-60(53-26-19-25-52(42-53)51-23-13-12-14-24-51)30-21-31-61(73)54-43-55(74(2,3)4)45-56(44-54)75(5,6)7/h12-38,41-48H,39-40H2,1-11H3/q+2/i1D3,15D,16D,19D,25D,26D,29D,34D,42D. The maximum atomic E-state index is 9.94. The Morgan fingerprint density at radius 3 is 1.96 bits per heavy atom. The van der Waals surface area contributed by atoms with E-state index in [9.17, 15) is 6.85 Å². The van der Waals surface area contributed by atoms with Crippen LogP contribution in [0.3, 0.4) is 0 Å². The molecule has 2 aromatic heterocycles. The van der Waals surface area contributed by atoms with Crippen molar-refractivity contribution in [3.63, 3.8) is 0 Å². The molecule has 0 atom stereocenters. The largest absolute Gasteiger partial charge is 0.503 e. The van der Waals surface area contributed by atoms with E-state index >= 15 is 0 Å². The summed E-state index contributed by atoms with van der Waals surface area (Å²) in [5.41, 5.74) is 11.6. The van der Waals surface area contributed by atoms with E-state index in [4.69, 9.17) is 17.9 Å². The third-order valence-corrected chi connectivity index (χ3v) is 16.7. The lowest BCUT2D eigenvalue weighted by molar-refractivity contribution is 0.333. The van der Waals surface area contributed by atoms with Gasteiger partial charge in [-0.2, -0.15) is 0 Å². The van der Waals surface area contributed by atoms with Crippen LogP contribution in [0.4, 0.5) is 22.7 Å². The second kappa shape index (κ2) is 19.7. The SMILES string of the molecule is [2H]c1c([2H])c(-c2ccccc2)c([2H])c(-c2cccc(-c3cc(C(C)(C)C)cc(C(C)(C)C)c3)c2[N+]2=C=[N+](c3cccc(Oc4ccc5c6c([2H])c([2H])c([2H])c([2H])c6n(-c6cc(C([2H])([2H])[2H])c(-c7cccc8c7C(C)(C)CCC8(C)C)cn6)c5c4)c3)c3ccccc32)c1[2H]. The molecule has 0 amide bonds. The number of para-hydroxylation sites is 4. The van der Waals surface area contributed by atoms with Gasteiger partial charge in [-0.05, 0) is 155 Å². The van der Waals surface area contributed by atoms with E-state index in [0.29, 0.717) is 50.5 Å². The molecule has 13 rings (SSSR count). The maximum Gasteiger partial charge on any atom is 0.503 e. The minimum Gasteiger partial charge on any atom is -0.457 e. The molecule has 0 saturated carbocycles. The Morgan fingerprint density at radius 2 is 1.21 bits per heavy atom. The molecule has 1 aliphatic carbocycles. The number of ether oxygens (including phenoxy) is 1. The summed E-state index contributed by atoms with van der Waals surface area (Å²) in [6.07, 6.45) is 3.49. The van der Waals surface area contributed by atoms with Crippen LogP contribution in [-0.2, 0) is 21.7 Å². The quantitative estimate of drug-likeness (QED) is 0.135. The van der Waals surface area contributed by atoms with Crippen molar-refractivity contribution in [1.29, 1.82) is 0 Å². The molecule has 0 N–H and O–H groups in total. The summed E-state index contributed by atoms with van der Waals surface area (Å²) >= 11 is 0. The molecule has 404 valence electrons. The van der Waals surface area contributed by atoms with Crippen molar-refractivity contribution in [2.75, 3.05) is 0 Å². The van der Waals surface area contributed by atoms with E-state index < -0.39 is 18.9 Å². The lowest BCUT2D eigenvalue weighted by Gasteiger charge is -2.43. The Kier molecular flexibility index (Phi) is 9.88. The third-order valence-electron chi connectivity index (χ3n) is 16.7. The van der Waals surface area contributed by atoms with Crippen LogP contribution in [-0.4, -0.2) is 15.6 Å². The fourth-order valence-corrected chi connectivity index (χ4v) is 12.1. The molecule has 2 aliphatic rings. The van der Waals surface area contributed by atoms with Gasteiger partial charge in [0.15, 0.2) is 0 Å². The topological polar surface area (TPSA) is 33.1 Å². The average Bonchev–Trinajstić information content (AvgIpc) is 1.65. The predicted octanol–water partition coefficient (Wildman–Crippen LogP) is 20.7. The van der Waals surface area contributed by atoms with E-state index in [0.717, 1.165) is 57.6 Å². The lowest BCUT2D eigenvalue weighted by Crippen LogP contribution is -2.34. The van der Waals surface area contributed by atoms with Gasteiger partial charge in [-0.1, -0.05) is 196 Å². The number of aryl methyl sites for hydroxylation is 1. The van der Waals surface area contributed by atoms with Crippen LogP contribution < -0.4 is 13.9 Å². The number of nitrogens with zero attached hydrogens (tertiary/aromatic N) is 4. The molecule has 9 aromatic carbocycles. The number of hydrogen-bond donors (Lipinski definition) is 0. The first kappa shape index (κ1) is 41.2. The van der Waals surface area contributed by atoms with Crippen LogP contribution >= 0.6 is 0 Å². The molecule has 0 fully saturated rings. The van der Waals surface area contributed by atoms with Crippen LogP contribution in [0.1, 0.15) is 125 Å². The Hall–Kier alpha value is -8.89. The summed E-state index contributed by atoms with van der Waals surface area (Å²) in [6, 6.07) is 51.7. The van der Waals surface area contributed by atoms with E-state index in [-0.39, 0.29) is 91.3 Å². The van der Waals surface area contributed by atoms with E-state index in [1.807, 2.05) is 112 Å². The van der Waals surface area contributed by atoms with Crippen LogP contribution in [0.15, 0.2) is 212 Å². The number of fused-ring (bicyclic) bond motifs is 5. The Morgan fingerprint density at radius 1 is 0.549 bits per heavy atom. The molecule has 1 aliphatic heterocycles. The highest BCUT2D eigenvalue weighted by Crippen LogP contribution is 2.51. The number of aromatic nitrogens is 2. The molecular formula is C77H72N4O+2. The number of pyridine rings is 1. The molecule has 11 aromatic rings. The molecule has 0 saturated heterocycles. The zero-order valence-electron chi connectivity index (χ0n) is 59.2. The third kappa shape index (κ3) is 9.28. The van der Waals surface area contributed by atoms with Gasteiger partial charge in [0.2, 0.25) is 11.4 Å². The first-order chi connectivity index (χ1) is 43.9. The van der Waals surface area contributed by atoms with Gasteiger partial charge in [0.05, 0.1) is 39.2 Å². The first-order valence-corrected chi connectivity index (χ1v) is 28.2. The summed E-state index contributed by atoms with van der Waals surface area (Å²) in [5, 5.41) is 0.735. The van der Waals surface area contributed by atoms with Gasteiger partial charge >= 0.3 is 6.01 Å². The van der Waals surface area contributed by atoms with E-state index in [2.05, 4.69) is 106 Å². The highest BCUT2D eigenvalue weighted by Gasteiger charge is 2.41. The molecule has 3 heterocycles. The highest BCUT2D eigenvalue weighted by atomic mass is 16.5. The fraction of sp³-hybridized carbons (Fsp3) is 0.221. The molecule has 82 heavy (non-hydrogen) atoms. The molecule has 5 heteroatoms. The van der Waals surface area contributed by atoms with Crippen LogP contribution in [0.5, 0.6) is 11.5 Å². The first-order valence-electron chi connectivity index (χ1n) is 33.7. The van der Waals surface area contributed by atoms with Gasteiger partial charge in [0.1, 0.15) is 17.3 Å². The Bertz CT molecular complexity index is 5010. The van der Waals surface area contributed by atoms with Crippen LogP contribution in [0.2, 0.25) is 0 Å². The summed E-state index contributed by atoms with van der Waals surface area (Å²) in [7, 11) is 0. The summed E-state index contributed by atoms with van der Waals surface area (Å²) in [5.74, 6) is 0.945. The Labute approximate surface area is 499 Å². The molecular weight excluding hydrogens is 997 g/mol. The van der Waals surface area contributed by atoms with Gasteiger partial charge in [-0.15, -0.1) is 0 Å². The van der Waals surface area contributed by atoms with Gasteiger partial charge in [-0.25, -0.2) is 4.98 Å². The summed E-state index contributed by atoms with van der Waals surface area (Å²) in [6.45, 7) is 19.4. The highest BCUT2D eigenvalue weighted by molar-refractivity contribution is 6.09. The smallest absolute Gasteiger partial charge is 0.457 e. The number of rotatable bonds is 9. The molecule has 0 bridgehead atoms. The van der Waals surface area contributed by atoms with E-state index in [1.54, 1.807) is 29.0 Å². The van der Waals surface area contributed by atoms with Crippen LogP contribution in [0, 0.1) is 6.85 Å². The zero-order chi connectivity index (χ0) is 66.3. The van der Waals surface area contributed by atoms with Crippen molar-refractivity contribution < 1.29 is 19.8 Å². The monoisotopic (exact) mass is 1080 g/mol. The van der Waals surface area contributed by atoms with Crippen molar-refractivity contribution in [3.8, 4) is 61.8 Å². The van der Waals surface area contributed by atoms with E-state index in [1.165, 1.54) is 11.6 Å². The minimum atomic E-state index is -2.62. The predicted molar refractivity (Wildman–Crippen MR) is 345 cm³/mol. The van der Waals surface area contributed by atoms with Gasteiger partial charge < -0.3 is 4.74 Å². The summed E-state index contributed by atoms with van der Waals surface area (Å²) in [4.78, 5) is 5.02. The van der Waals surface area contributed by atoms with Crippen molar-refractivity contribution in [2.45, 2.75) is 111 Å². The van der Waals surface area contributed by atoms with Crippen molar-refractivity contribution >= 4 is 50.6 Å². The average molecular weight is 1080 g/mol. The molecule has 0 radical (unpaired) electrons. The molecule has 0 unspecified atom stereocenters. The lowest BCUT2D eigenvalue weighted by atomic mass is 9.61. The normalized spacial score (nSPS) is 16.6. The van der Waals surface area contributed by atoms with Gasteiger partial charge in [0, 0.05) is 50.9 Å². The number of hydrogen-bond acceptors (Lipinski definition) is 2. The summed E-state index contributed by atoms with van der Waals surface area (Å²) < 4.78 is 114. The van der Waals surface area contributed by atoms with Gasteiger partial charge in [-0.3, -0.25) is 4.57 Å². The fourth-order valence-electron chi connectivity index (χ4n) is 12.1. The van der Waals surface area contributed by atoms with Crippen molar-refractivity contribution in [1.82, 2.24) is 18.7 Å². The molecule has 0 spiro atoms. The van der Waals surface area contributed by atoms with Crippen molar-refractivity contribution in [3.05, 3.63) is 240 Å². The van der Waals surface area contributed by atoms with Crippen LogP contribution in [0.25, 0.3) is 72.1 Å². The Balaban J connectivity index is 0.992. The second-order valence-electron chi connectivity index (χ2n) is 25.3. The minimum absolute atomic E-state index is 0.0383.